The lowest BCUT2D eigenvalue weighted by Gasteiger charge is -2.43. The van der Waals surface area contributed by atoms with Crippen molar-refractivity contribution in [3.8, 4) is 0 Å². The Morgan fingerprint density at radius 3 is 1.87 bits per heavy atom. The van der Waals surface area contributed by atoms with Gasteiger partial charge in [-0.25, -0.2) is 8.42 Å². The molecule has 0 radical (unpaired) electrons. The molecule has 0 atom stereocenters. The Bertz CT molecular complexity index is 1360. The molecule has 0 fully saturated rings. The molecule has 0 saturated carbocycles. The summed E-state index contributed by atoms with van der Waals surface area (Å²) in [5.74, 6) is 0. The molecule has 3 aromatic carbocycles. The lowest BCUT2D eigenvalue weighted by atomic mass is 10.1. The van der Waals surface area contributed by atoms with E-state index in [0.29, 0.717) is 6.42 Å². The van der Waals surface area contributed by atoms with Crippen LogP contribution in [0.4, 0.5) is 0 Å². The van der Waals surface area contributed by atoms with Crippen molar-refractivity contribution in [3.63, 3.8) is 0 Å². The first kappa shape index (κ1) is 29.3. The van der Waals surface area contributed by atoms with Gasteiger partial charge in [-0.2, -0.15) is 0 Å². The SMILES string of the molecule is C=C/C=C(\C)CCC=C=C(CO[Si](c1ccccc1)(c1ccccc1)C(C)(C)C)S(=O)(=O)c1ccccc1. The summed E-state index contributed by atoms with van der Waals surface area (Å²) in [7, 11) is -6.73. The molecule has 3 aromatic rings. The van der Waals surface area contributed by atoms with Crippen LogP contribution in [0.15, 0.2) is 137 Å². The minimum absolute atomic E-state index is 0.0670. The van der Waals surface area contributed by atoms with Gasteiger partial charge in [0.2, 0.25) is 9.84 Å². The monoisotopic (exact) mass is 542 g/mol. The van der Waals surface area contributed by atoms with E-state index in [0.717, 1.165) is 16.8 Å². The lowest BCUT2D eigenvalue weighted by Crippen LogP contribution is -2.66. The molecule has 0 aliphatic carbocycles. The van der Waals surface area contributed by atoms with Crippen molar-refractivity contribution in [2.24, 2.45) is 0 Å². The molecular formula is C33H38O3SSi. The molecule has 0 N–H and O–H groups in total. The fraction of sp³-hybridized carbons (Fsp3) is 0.242. The molecule has 0 unspecified atom stereocenters. The van der Waals surface area contributed by atoms with Crippen LogP contribution in [0, 0.1) is 0 Å². The van der Waals surface area contributed by atoms with E-state index in [-0.39, 0.29) is 21.4 Å². The Morgan fingerprint density at radius 1 is 0.895 bits per heavy atom. The summed E-state index contributed by atoms with van der Waals surface area (Å²) in [6.07, 6.45) is 7.00. The highest BCUT2D eigenvalue weighted by Gasteiger charge is 2.50. The second-order valence-electron chi connectivity index (χ2n) is 10.3. The van der Waals surface area contributed by atoms with E-state index in [2.05, 4.69) is 57.3 Å². The van der Waals surface area contributed by atoms with E-state index in [1.54, 1.807) is 30.3 Å². The molecule has 3 rings (SSSR count). The van der Waals surface area contributed by atoms with Gasteiger partial charge in [-0.15, -0.1) is 5.73 Å². The van der Waals surface area contributed by atoms with Crippen LogP contribution in [0.1, 0.15) is 40.5 Å². The molecule has 0 aliphatic heterocycles. The minimum Gasteiger partial charge on any atom is -0.402 e. The van der Waals surface area contributed by atoms with E-state index in [1.165, 1.54) is 5.57 Å². The average molecular weight is 543 g/mol. The second kappa shape index (κ2) is 13.0. The van der Waals surface area contributed by atoms with Crippen molar-refractivity contribution in [2.45, 2.75) is 50.5 Å². The standard InChI is InChI=1S/C33H38O3SSi/c1-6-18-28(2)19-16-17-22-30(37(34,35)29-20-10-7-11-21-29)27-36-38(33(3,4)5,31-23-12-8-13-24-31)32-25-14-9-15-26-32/h6-15,17-18,20-21,23-26H,1,16,19,27H2,2-5H3/b28-18+. The summed E-state index contributed by atoms with van der Waals surface area (Å²) in [5.41, 5.74) is 4.31. The molecule has 0 bridgehead atoms. The highest BCUT2D eigenvalue weighted by molar-refractivity contribution is 7.95. The van der Waals surface area contributed by atoms with E-state index >= 15 is 0 Å². The van der Waals surface area contributed by atoms with Gasteiger partial charge in [0, 0.05) is 0 Å². The van der Waals surface area contributed by atoms with Crippen LogP contribution in [0.2, 0.25) is 5.04 Å². The maximum atomic E-state index is 13.8. The maximum Gasteiger partial charge on any atom is 0.261 e. The summed E-state index contributed by atoms with van der Waals surface area (Å²) < 4.78 is 34.6. The zero-order valence-electron chi connectivity index (χ0n) is 22.9. The third-order valence-electron chi connectivity index (χ3n) is 6.56. The molecular weight excluding hydrogens is 505 g/mol. The van der Waals surface area contributed by atoms with Crippen LogP contribution >= 0.6 is 0 Å². The van der Waals surface area contributed by atoms with E-state index in [1.807, 2.05) is 61.5 Å². The number of rotatable bonds is 11. The first-order valence-corrected chi connectivity index (χ1v) is 16.3. The highest BCUT2D eigenvalue weighted by atomic mass is 32.2. The Labute approximate surface area is 230 Å². The van der Waals surface area contributed by atoms with E-state index in [9.17, 15) is 8.42 Å². The molecule has 5 heteroatoms. The number of hydrogen-bond acceptors (Lipinski definition) is 3. The summed E-state index contributed by atoms with van der Waals surface area (Å²) in [6.45, 7) is 12.2. The van der Waals surface area contributed by atoms with Gasteiger partial charge in [0.25, 0.3) is 8.32 Å². The van der Waals surface area contributed by atoms with Crippen molar-refractivity contribution in [2.75, 3.05) is 6.61 Å². The van der Waals surface area contributed by atoms with Crippen molar-refractivity contribution in [1.29, 1.82) is 0 Å². The van der Waals surface area contributed by atoms with Gasteiger partial charge >= 0.3 is 0 Å². The molecule has 0 aromatic heterocycles. The molecule has 198 valence electrons. The molecule has 0 heterocycles. The van der Waals surface area contributed by atoms with Crippen LogP contribution in [0.3, 0.4) is 0 Å². The molecule has 0 aliphatic rings. The Hall–Kier alpha value is -3.21. The molecule has 0 spiro atoms. The number of benzene rings is 3. The summed E-state index contributed by atoms with van der Waals surface area (Å²) in [4.78, 5) is 0.381. The first-order chi connectivity index (χ1) is 18.1. The topological polar surface area (TPSA) is 43.4 Å². The van der Waals surface area contributed by atoms with Gasteiger partial charge in [0.05, 0.1) is 11.5 Å². The smallest absolute Gasteiger partial charge is 0.261 e. The van der Waals surface area contributed by atoms with Crippen molar-refractivity contribution >= 4 is 28.5 Å². The van der Waals surface area contributed by atoms with Crippen molar-refractivity contribution < 1.29 is 12.8 Å². The summed E-state index contributed by atoms with van der Waals surface area (Å²) in [5, 5.41) is 1.93. The van der Waals surface area contributed by atoms with Gasteiger partial charge < -0.3 is 4.43 Å². The van der Waals surface area contributed by atoms with Gasteiger partial charge in [0.1, 0.15) is 4.91 Å². The van der Waals surface area contributed by atoms with E-state index < -0.39 is 18.2 Å². The van der Waals surface area contributed by atoms with Gasteiger partial charge in [-0.3, -0.25) is 0 Å². The molecule has 0 saturated heterocycles. The quantitative estimate of drug-likeness (QED) is 0.149. The predicted octanol–water partition coefficient (Wildman–Crippen LogP) is 6.99. The Morgan fingerprint density at radius 2 is 1.39 bits per heavy atom. The molecule has 38 heavy (non-hydrogen) atoms. The van der Waals surface area contributed by atoms with Crippen LogP contribution in [-0.4, -0.2) is 23.3 Å². The fourth-order valence-electron chi connectivity index (χ4n) is 4.64. The number of hydrogen-bond donors (Lipinski definition) is 0. The summed E-state index contributed by atoms with van der Waals surface area (Å²) in [6, 6.07) is 29.0. The fourth-order valence-corrected chi connectivity index (χ4v) is 10.5. The Kier molecular flexibility index (Phi) is 10.1. The van der Waals surface area contributed by atoms with Crippen LogP contribution in [0.25, 0.3) is 0 Å². The van der Waals surface area contributed by atoms with Gasteiger partial charge in [-0.05, 0) is 53.4 Å². The summed E-state index contributed by atoms with van der Waals surface area (Å²) >= 11 is 0. The zero-order valence-corrected chi connectivity index (χ0v) is 24.7. The van der Waals surface area contributed by atoms with Crippen molar-refractivity contribution in [1.82, 2.24) is 0 Å². The highest BCUT2D eigenvalue weighted by Crippen LogP contribution is 2.37. The van der Waals surface area contributed by atoms with Gasteiger partial charge in [0.15, 0.2) is 0 Å². The lowest BCUT2D eigenvalue weighted by molar-refractivity contribution is 0.335. The average Bonchev–Trinajstić information content (AvgIpc) is 2.91. The predicted molar refractivity (Wildman–Crippen MR) is 162 cm³/mol. The van der Waals surface area contributed by atoms with Crippen LogP contribution in [0.5, 0.6) is 0 Å². The van der Waals surface area contributed by atoms with Crippen molar-refractivity contribution in [3.05, 3.63) is 132 Å². The van der Waals surface area contributed by atoms with Crippen LogP contribution < -0.4 is 10.4 Å². The normalized spacial score (nSPS) is 12.5. The molecule has 0 amide bonds. The van der Waals surface area contributed by atoms with E-state index in [4.69, 9.17) is 4.43 Å². The Balaban J connectivity index is 2.12. The van der Waals surface area contributed by atoms with Crippen LogP contribution in [-0.2, 0) is 14.3 Å². The number of allylic oxidation sites excluding steroid dienone is 3. The zero-order chi connectivity index (χ0) is 27.7. The maximum absolute atomic E-state index is 13.8. The molecule has 3 nitrogen and oxygen atoms in total. The number of sulfone groups is 1. The third-order valence-corrected chi connectivity index (χ3v) is 13.3. The van der Waals surface area contributed by atoms with Gasteiger partial charge in [-0.1, -0.05) is 124 Å². The third kappa shape index (κ3) is 6.80. The second-order valence-corrected chi connectivity index (χ2v) is 16.6. The minimum atomic E-state index is -3.80. The largest absolute Gasteiger partial charge is 0.402 e. The first-order valence-electron chi connectivity index (χ1n) is 12.9.